The van der Waals surface area contributed by atoms with Gasteiger partial charge in [-0.2, -0.15) is 0 Å². The second-order valence-electron chi connectivity index (χ2n) is 6.23. The maximum atomic E-state index is 6.06. The fraction of sp³-hybridized carbons (Fsp3) is 0.316. The van der Waals surface area contributed by atoms with Crippen molar-refractivity contribution >= 4 is 38.3 Å². The Morgan fingerprint density at radius 3 is 2.65 bits per heavy atom. The quantitative estimate of drug-likeness (QED) is 0.632. The highest BCUT2D eigenvalue weighted by Gasteiger charge is 2.21. The van der Waals surface area contributed by atoms with Crippen molar-refractivity contribution < 1.29 is 0 Å². The monoisotopic (exact) mass is 342 g/mol. The SMILES string of the molecule is Clc1ccc2sc(N3CCC(Cc4ccccc4)CC3)nc2c1. The summed E-state index contributed by atoms with van der Waals surface area (Å²) >= 11 is 7.83. The molecule has 0 N–H and O–H groups in total. The zero-order chi connectivity index (χ0) is 15.6. The first kappa shape index (κ1) is 15.0. The second-order valence-corrected chi connectivity index (χ2v) is 7.67. The molecule has 1 fully saturated rings. The van der Waals surface area contributed by atoms with Crippen LogP contribution < -0.4 is 4.90 Å². The van der Waals surface area contributed by atoms with Gasteiger partial charge in [0, 0.05) is 18.1 Å². The van der Waals surface area contributed by atoms with Gasteiger partial charge < -0.3 is 4.90 Å². The van der Waals surface area contributed by atoms with Gasteiger partial charge in [0.2, 0.25) is 0 Å². The smallest absolute Gasteiger partial charge is 0.186 e. The molecule has 4 rings (SSSR count). The summed E-state index contributed by atoms with van der Waals surface area (Å²) in [6.45, 7) is 2.20. The Bertz CT molecular complexity index is 791. The Morgan fingerprint density at radius 2 is 1.87 bits per heavy atom. The topological polar surface area (TPSA) is 16.1 Å². The molecule has 3 aromatic rings. The molecule has 0 bridgehead atoms. The molecule has 2 heterocycles. The molecule has 0 atom stereocenters. The summed E-state index contributed by atoms with van der Waals surface area (Å²) in [5.74, 6) is 0.789. The number of halogens is 1. The molecule has 118 valence electrons. The molecule has 1 saturated heterocycles. The Labute approximate surface area is 145 Å². The highest BCUT2D eigenvalue weighted by molar-refractivity contribution is 7.22. The largest absolute Gasteiger partial charge is 0.348 e. The van der Waals surface area contributed by atoms with Crippen LogP contribution in [0.4, 0.5) is 5.13 Å². The van der Waals surface area contributed by atoms with Crippen molar-refractivity contribution in [3.63, 3.8) is 0 Å². The molecule has 0 aliphatic carbocycles. The summed E-state index contributed by atoms with van der Waals surface area (Å²) < 4.78 is 1.22. The van der Waals surface area contributed by atoms with Crippen LogP contribution in [0.1, 0.15) is 18.4 Å². The van der Waals surface area contributed by atoms with Crippen molar-refractivity contribution in [2.24, 2.45) is 5.92 Å². The van der Waals surface area contributed by atoms with Crippen molar-refractivity contribution in [3.05, 3.63) is 59.1 Å². The molecule has 1 aliphatic heterocycles. The van der Waals surface area contributed by atoms with Crippen LogP contribution in [-0.2, 0) is 6.42 Å². The molecule has 1 aromatic heterocycles. The number of hydrogen-bond acceptors (Lipinski definition) is 3. The Hall–Kier alpha value is -1.58. The van der Waals surface area contributed by atoms with Crippen LogP contribution in [0.5, 0.6) is 0 Å². The van der Waals surface area contributed by atoms with E-state index in [1.807, 2.05) is 12.1 Å². The van der Waals surface area contributed by atoms with Crippen molar-refractivity contribution in [3.8, 4) is 0 Å². The van der Waals surface area contributed by atoms with E-state index in [-0.39, 0.29) is 0 Å². The minimum Gasteiger partial charge on any atom is -0.348 e. The van der Waals surface area contributed by atoms with Crippen LogP contribution >= 0.6 is 22.9 Å². The van der Waals surface area contributed by atoms with Crippen molar-refractivity contribution in [2.75, 3.05) is 18.0 Å². The lowest BCUT2D eigenvalue weighted by Crippen LogP contribution is -2.34. The molecule has 1 aliphatic rings. The Balaban J connectivity index is 1.42. The Morgan fingerprint density at radius 1 is 1.09 bits per heavy atom. The normalized spacial score (nSPS) is 16.1. The zero-order valence-corrected chi connectivity index (χ0v) is 14.5. The third-order valence-corrected chi connectivity index (χ3v) is 5.92. The van der Waals surface area contributed by atoms with Gasteiger partial charge in [0.1, 0.15) is 0 Å². The predicted molar refractivity (Wildman–Crippen MR) is 99.7 cm³/mol. The fourth-order valence-corrected chi connectivity index (χ4v) is 4.46. The van der Waals surface area contributed by atoms with Crippen LogP contribution in [0.25, 0.3) is 10.2 Å². The maximum absolute atomic E-state index is 6.06. The fourth-order valence-electron chi connectivity index (χ4n) is 3.30. The average molecular weight is 343 g/mol. The molecule has 0 spiro atoms. The lowest BCUT2D eigenvalue weighted by Gasteiger charge is -2.31. The Kier molecular flexibility index (Phi) is 4.23. The van der Waals surface area contributed by atoms with Gasteiger partial charge in [0.05, 0.1) is 10.2 Å². The number of hydrogen-bond donors (Lipinski definition) is 0. The van der Waals surface area contributed by atoms with Gasteiger partial charge in [-0.3, -0.25) is 0 Å². The molecule has 4 heteroatoms. The lowest BCUT2D eigenvalue weighted by molar-refractivity contribution is 0.403. The molecular formula is C19H19ClN2S. The number of nitrogens with zero attached hydrogens (tertiary/aromatic N) is 2. The predicted octanol–water partition coefficient (Wildman–Crippen LogP) is 5.41. The van der Waals surface area contributed by atoms with Gasteiger partial charge in [-0.1, -0.05) is 53.3 Å². The maximum Gasteiger partial charge on any atom is 0.186 e. The van der Waals surface area contributed by atoms with E-state index in [4.69, 9.17) is 16.6 Å². The summed E-state index contributed by atoms with van der Waals surface area (Å²) in [7, 11) is 0. The van der Waals surface area contributed by atoms with E-state index in [9.17, 15) is 0 Å². The number of benzene rings is 2. The van der Waals surface area contributed by atoms with Crippen molar-refractivity contribution in [1.29, 1.82) is 0 Å². The van der Waals surface area contributed by atoms with Gasteiger partial charge >= 0.3 is 0 Å². The third kappa shape index (κ3) is 3.36. The number of aromatic nitrogens is 1. The van der Waals surface area contributed by atoms with Gasteiger partial charge in [0.25, 0.3) is 0 Å². The second kappa shape index (κ2) is 6.50. The number of fused-ring (bicyclic) bond motifs is 1. The number of anilines is 1. The minimum atomic E-state index is 0.760. The van der Waals surface area contributed by atoms with Gasteiger partial charge in [-0.25, -0.2) is 4.98 Å². The minimum absolute atomic E-state index is 0.760. The van der Waals surface area contributed by atoms with E-state index in [2.05, 4.69) is 41.3 Å². The van der Waals surface area contributed by atoms with Gasteiger partial charge in [0.15, 0.2) is 5.13 Å². The molecule has 0 amide bonds. The van der Waals surface area contributed by atoms with Crippen LogP contribution in [-0.4, -0.2) is 18.1 Å². The molecule has 2 nitrogen and oxygen atoms in total. The average Bonchev–Trinajstić information content (AvgIpc) is 2.99. The highest BCUT2D eigenvalue weighted by Crippen LogP contribution is 2.33. The van der Waals surface area contributed by atoms with Crippen molar-refractivity contribution in [1.82, 2.24) is 4.98 Å². The van der Waals surface area contributed by atoms with E-state index in [0.717, 1.165) is 34.7 Å². The van der Waals surface area contributed by atoms with Crippen LogP contribution in [0.3, 0.4) is 0 Å². The summed E-state index contributed by atoms with van der Waals surface area (Å²) in [5.41, 5.74) is 2.48. The highest BCUT2D eigenvalue weighted by atomic mass is 35.5. The van der Waals surface area contributed by atoms with Crippen LogP contribution in [0, 0.1) is 5.92 Å². The molecule has 0 radical (unpaired) electrons. The summed E-state index contributed by atoms with van der Waals surface area (Å²) in [5, 5.41) is 1.90. The number of thiazole rings is 1. The molecular weight excluding hydrogens is 324 g/mol. The molecule has 23 heavy (non-hydrogen) atoms. The molecule has 0 saturated carbocycles. The first-order valence-electron chi connectivity index (χ1n) is 8.13. The summed E-state index contributed by atoms with van der Waals surface area (Å²) in [4.78, 5) is 7.20. The van der Waals surface area contributed by atoms with Crippen LogP contribution in [0.2, 0.25) is 5.02 Å². The van der Waals surface area contributed by atoms with Crippen molar-refractivity contribution in [2.45, 2.75) is 19.3 Å². The van der Waals surface area contributed by atoms with E-state index < -0.39 is 0 Å². The molecule has 0 unspecified atom stereocenters. The van der Waals surface area contributed by atoms with E-state index >= 15 is 0 Å². The van der Waals surface area contributed by atoms with Crippen LogP contribution in [0.15, 0.2) is 48.5 Å². The number of piperidine rings is 1. The zero-order valence-electron chi connectivity index (χ0n) is 12.9. The standard InChI is InChI=1S/C19H19ClN2S/c20-16-6-7-18-17(13-16)21-19(23-18)22-10-8-15(9-11-22)12-14-4-2-1-3-5-14/h1-7,13,15H,8-12H2. The van der Waals surface area contributed by atoms with Gasteiger partial charge in [-0.15, -0.1) is 0 Å². The van der Waals surface area contributed by atoms with Gasteiger partial charge in [-0.05, 0) is 48.9 Å². The lowest BCUT2D eigenvalue weighted by atomic mass is 9.90. The third-order valence-electron chi connectivity index (χ3n) is 4.59. The number of rotatable bonds is 3. The summed E-state index contributed by atoms with van der Waals surface area (Å²) in [6, 6.07) is 16.8. The van der Waals surface area contributed by atoms with E-state index in [0.29, 0.717) is 0 Å². The molecule has 2 aromatic carbocycles. The van der Waals surface area contributed by atoms with E-state index in [1.165, 1.54) is 29.5 Å². The summed E-state index contributed by atoms with van der Waals surface area (Å²) in [6.07, 6.45) is 3.68. The first-order valence-corrected chi connectivity index (χ1v) is 9.32. The van der Waals surface area contributed by atoms with E-state index in [1.54, 1.807) is 11.3 Å². The first-order chi connectivity index (χ1) is 11.3.